The number of benzene rings is 1. The van der Waals surface area contributed by atoms with Crippen molar-refractivity contribution in [2.75, 3.05) is 0 Å². The standard InChI is InChI=1S/C21H14IN3/c22-16-9-7-15(8-10-16)17-11-12-19(18-5-1-3-13-23-18)25-21(17)20-6-2-4-14-24-20/h1-14H. The highest BCUT2D eigenvalue weighted by Crippen LogP contribution is 2.32. The van der Waals surface area contributed by atoms with Crippen molar-refractivity contribution in [2.24, 2.45) is 0 Å². The van der Waals surface area contributed by atoms with Crippen molar-refractivity contribution >= 4 is 22.6 Å². The Labute approximate surface area is 160 Å². The zero-order valence-electron chi connectivity index (χ0n) is 13.3. The van der Waals surface area contributed by atoms with Crippen LogP contribution in [0.1, 0.15) is 0 Å². The third-order valence-electron chi connectivity index (χ3n) is 3.89. The molecule has 4 rings (SSSR count). The minimum absolute atomic E-state index is 0.843. The van der Waals surface area contributed by atoms with Crippen LogP contribution in [0.25, 0.3) is 33.9 Å². The van der Waals surface area contributed by atoms with Crippen LogP contribution in [0, 0.1) is 3.57 Å². The normalized spacial score (nSPS) is 10.6. The van der Waals surface area contributed by atoms with Crippen LogP contribution in [-0.2, 0) is 0 Å². The molecule has 0 unspecified atom stereocenters. The molecule has 3 nitrogen and oxygen atoms in total. The first-order valence-electron chi connectivity index (χ1n) is 7.91. The molecule has 0 aliphatic rings. The Hall–Kier alpha value is -2.60. The van der Waals surface area contributed by atoms with Crippen LogP contribution in [0.4, 0.5) is 0 Å². The fraction of sp³-hybridized carbons (Fsp3) is 0. The van der Waals surface area contributed by atoms with E-state index in [2.05, 4.69) is 62.9 Å². The number of hydrogen-bond acceptors (Lipinski definition) is 3. The number of aromatic nitrogens is 3. The summed E-state index contributed by atoms with van der Waals surface area (Å²) in [7, 11) is 0. The SMILES string of the molecule is Ic1ccc(-c2ccc(-c3ccccn3)nc2-c2ccccn2)cc1. The van der Waals surface area contributed by atoms with Crippen molar-refractivity contribution in [3.05, 3.63) is 88.8 Å². The van der Waals surface area contributed by atoms with Crippen LogP contribution in [0.2, 0.25) is 0 Å². The van der Waals surface area contributed by atoms with Crippen LogP contribution in [0.3, 0.4) is 0 Å². The maximum atomic E-state index is 4.89. The van der Waals surface area contributed by atoms with Gasteiger partial charge in [-0.25, -0.2) is 4.98 Å². The fourth-order valence-electron chi connectivity index (χ4n) is 2.68. The number of hydrogen-bond donors (Lipinski definition) is 0. The molecule has 0 spiro atoms. The van der Waals surface area contributed by atoms with Gasteiger partial charge in [-0.05, 0) is 76.7 Å². The maximum Gasteiger partial charge on any atom is 0.0972 e. The summed E-state index contributed by atoms with van der Waals surface area (Å²) in [4.78, 5) is 13.8. The lowest BCUT2D eigenvalue weighted by Gasteiger charge is -2.11. The molecule has 120 valence electrons. The highest BCUT2D eigenvalue weighted by Gasteiger charge is 2.12. The minimum atomic E-state index is 0.843. The van der Waals surface area contributed by atoms with Crippen LogP contribution in [-0.4, -0.2) is 15.0 Å². The summed E-state index contributed by atoms with van der Waals surface area (Å²) in [5, 5.41) is 0. The lowest BCUT2D eigenvalue weighted by Crippen LogP contribution is -1.95. The molecule has 0 bridgehead atoms. The second kappa shape index (κ2) is 7.11. The van der Waals surface area contributed by atoms with Gasteiger partial charge in [-0.15, -0.1) is 0 Å². The predicted octanol–water partition coefficient (Wildman–Crippen LogP) is 5.48. The molecule has 0 N–H and O–H groups in total. The Bertz CT molecular complexity index is 985. The maximum absolute atomic E-state index is 4.89. The summed E-state index contributed by atoms with van der Waals surface area (Å²) in [5.41, 5.74) is 5.61. The quantitative estimate of drug-likeness (QED) is 0.401. The van der Waals surface area contributed by atoms with Crippen molar-refractivity contribution in [1.82, 2.24) is 15.0 Å². The predicted molar refractivity (Wildman–Crippen MR) is 109 cm³/mol. The molecule has 0 amide bonds. The molecule has 25 heavy (non-hydrogen) atoms. The molecule has 0 atom stereocenters. The van der Waals surface area contributed by atoms with E-state index in [9.17, 15) is 0 Å². The summed E-state index contributed by atoms with van der Waals surface area (Å²) in [6, 6.07) is 24.3. The summed E-state index contributed by atoms with van der Waals surface area (Å²) < 4.78 is 1.21. The van der Waals surface area contributed by atoms with Crippen LogP contribution < -0.4 is 0 Å². The summed E-state index contributed by atoms with van der Waals surface area (Å²) >= 11 is 2.31. The van der Waals surface area contributed by atoms with E-state index in [1.165, 1.54) is 3.57 Å². The first kappa shape index (κ1) is 15.9. The monoisotopic (exact) mass is 435 g/mol. The second-order valence-electron chi connectivity index (χ2n) is 5.53. The van der Waals surface area contributed by atoms with Gasteiger partial charge in [0.05, 0.1) is 22.8 Å². The van der Waals surface area contributed by atoms with Gasteiger partial charge in [0.1, 0.15) is 0 Å². The van der Waals surface area contributed by atoms with E-state index in [4.69, 9.17) is 4.98 Å². The van der Waals surface area contributed by atoms with E-state index in [0.29, 0.717) is 0 Å². The zero-order chi connectivity index (χ0) is 17.1. The lowest BCUT2D eigenvalue weighted by atomic mass is 10.0. The molecular formula is C21H14IN3. The first-order chi connectivity index (χ1) is 12.3. The largest absolute Gasteiger partial charge is 0.255 e. The minimum Gasteiger partial charge on any atom is -0.255 e. The molecular weight excluding hydrogens is 421 g/mol. The Morgan fingerprint density at radius 3 is 1.92 bits per heavy atom. The number of rotatable bonds is 3. The third-order valence-corrected chi connectivity index (χ3v) is 4.60. The first-order valence-corrected chi connectivity index (χ1v) is 8.99. The molecule has 0 saturated carbocycles. The average molecular weight is 435 g/mol. The average Bonchev–Trinajstić information content (AvgIpc) is 2.70. The van der Waals surface area contributed by atoms with Gasteiger partial charge in [0.15, 0.2) is 0 Å². The molecule has 4 aromatic rings. The van der Waals surface area contributed by atoms with Gasteiger partial charge in [0, 0.05) is 21.5 Å². The number of pyridine rings is 3. The van der Waals surface area contributed by atoms with Crippen LogP contribution in [0.5, 0.6) is 0 Å². The topological polar surface area (TPSA) is 38.7 Å². The fourth-order valence-corrected chi connectivity index (χ4v) is 3.04. The van der Waals surface area contributed by atoms with E-state index < -0.39 is 0 Å². The van der Waals surface area contributed by atoms with Crippen molar-refractivity contribution < 1.29 is 0 Å². The third kappa shape index (κ3) is 3.44. The van der Waals surface area contributed by atoms with E-state index >= 15 is 0 Å². The van der Waals surface area contributed by atoms with Gasteiger partial charge in [-0.2, -0.15) is 0 Å². The zero-order valence-corrected chi connectivity index (χ0v) is 15.5. The van der Waals surface area contributed by atoms with E-state index in [1.54, 1.807) is 12.4 Å². The molecule has 0 fully saturated rings. The van der Waals surface area contributed by atoms with E-state index in [1.807, 2.05) is 42.5 Å². The Kier molecular flexibility index (Phi) is 4.52. The van der Waals surface area contributed by atoms with Crippen molar-refractivity contribution in [1.29, 1.82) is 0 Å². The smallest absolute Gasteiger partial charge is 0.0972 e. The molecule has 0 aliphatic heterocycles. The van der Waals surface area contributed by atoms with Gasteiger partial charge in [-0.3, -0.25) is 9.97 Å². The molecule has 0 radical (unpaired) electrons. The van der Waals surface area contributed by atoms with Crippen LogP contribution >= 0.6 is 22.6 Å². The van der Waals surface area contributed by atoms with Crippen molar-refractivity contribution in [3.63, 3.8) is 0 Å². The Balaban J connectivity index is 1.91. The van der Waals surface area contributed by atoms with Gasteiger partial charge in [0.2, 0.25) is 0 Å². The van der Waals surface area contributed by atoms with E-state index in [-0.39, 0.29) is 0 Å². The molecule has 0 saturated heterocycles. The van der Waals surface area contributed by atoms with Gasteiger partial charge < -0.3 is 0 Å². The van der Waals surface area contributed by atoms with Gasteiger partial charge >= 0.3 is 0 Å². The number of halogens is 1. The van der Waals surface area contributed by atoms with Crippen molar-refractivity contribution in [2.45, 2.75) is 0 Å². The summed E-state index contributed by atoms with van der Waals surface area (Å²) in [6.45, 7) is 0. The Morgan fingerprint density at radius 2 is 1.28 bits per heavy atom. The Morgan fingerprint density at radius 1 is 0.600 bits per heavy atom. The van der Waals surface area contributed by atoms with Gasteiger partial charge in [0.25, 0.3) is 0 Å². The highest BCUT2D eigenvalue weighted by atomic mass is 127. The number of nitrogens with zero attached hydrogens (tertiary/aromatic N) is 3. The van der Waals surface area contributed by atoms with E-state index in [0.717, 1.165) is 33.9 Å². The lowest BCUT2D eigenvalue weighted by molar-refractivity contribution is 1.22. The van der Waals surface area contributed by atoms with Crippen LogP contribution in [0.15, 0.2) is 85.2 Å². The van der Waals surface area contributed by atoms with Crippen molar-refractivity contribution in [3.8, 4) is 33.9 Å². The second-order valence-corrected chi connectivity index (χ2v) is 6.78. The highest BCUT2D eigenvalue weighted by molar-refractivity contribution is 14.1. The molecule has 3 heterocycles. The summed E-state index contributed by atoms with van der Waals surface area (Å²) in [5.74, 6) is 0. The molecule has 1 aromatic carbocycles. The molecule has 3 aromatic heterocycles. The van der Waals surface area contributed by atoms with Gasteiger partial charge in [-0.1, -0.05) is 24.3 Å². The molecule has 0 aliphatic carbocycles. The summed E-state index contributed by atoms with van der Waals surface area (Å²) in [6.07, 6.45) is 3.58. The molecule has 4 heteroatoms.